The van der Waals surface area contributed by atoms with E-state index in [9.17, 15) is 14.4 Å². The van der Waals surface area contributed by atoms with Crippen LogP contribution in [0.15, 0.2) is 146 Å². The Morgan fingerprint density at radius 1 is 0.269 bits per heavy atom. The number of unbranched alkanes of at least 4 members (excludes halogenated alkanes) is 21. The molecule has 0 rings (SSSR count). The van der Waals surface area contributed by atoms with E-state index in [1.165, 1.54) is 57.8 Å². The van der Waals surface area contributed by atoms with Crippen LogP contribution in [-0.4, -0.2) is 37.2 Å². The molecule has 0 saturated carbocycles. The van der Waals surface area contributed by atoms with E-state index < -0.39 is 6.10 Å². The predicted octanol–water partition coefficient (Wildman–Crippen LogP) is 21.9. The smallest absolute Gasteiger partial charge is 0.306 e. The highest BCUT2D eigenvalue weighted by Crippen LogP contribution is 2.14. The fraction of sp³-hybridized carbons (Fsp3) is 0.625. The topological polar surface area (TPSA) is 78.9 Å². The molecule has 1 atom stereocenters. The van der Waals surface area contributed by atoms with Gasteiger partial charge in [-0.15, -0.1) is 0 Å². The Balaban J connectivity index is 4.33. The summed E-state index contributed by atoms with van der Waals surface area (Å²) in [4.78, 5) is 38.2. The van der Waals surface area contributed by atoms with Crippen LogP contribution >= 0.6 is 0 Å². The van der Waals surface area contributed by atoms with Crippen molar-refractivity contribution < 1.29 is 28.6 Å². The molecule has 0 fully saturated rings. The minimum absolute atomic E-state index is 0.0982. The highest BCUT2D eigenvalue weighted by atomic mass is 16.6. The molecule has 0 N–H and O–H groups in total. The molecule has 0 aromatic rings. The van der Waals surface area contributed by atoms with E-state index in [0.717, 1.165) is 173 Å². The van der Waals surface area contributed by atoms with Crippen molar-refractivity contribution in [3.8, 4) is 0 Å². The zero-order valence-corrected chi connectivity index (χ0v) is 50.4. The molecular weight excluding hydrogens is 961 g/mol. The molecule has 0 aliphatic heterocycles. The quantitative estimate of drug-likeness (QED) is 0.0261. The van der Waals surface area contributed by atoms with Gasteiger partial charge in [0.15, 0.2) is 6.10 Å². The van der Waals surface area contributed by atoms with Gasteiger partial charge in [-0.1, -0.05) is 250 Å². The maximum Gasteiger partial charge on any atom is 0.306 e. The fourth-order valence-electron chi connectivity index (χ4n) is 8.28. The molecule has 0 amide bonds. The molecule has 0 bridgehead atoms. The molecule has 78 heavy (non-hydrogen) atoms. The first-order valence-corrected chi connectivity index (χ1v) is 31.8. The van der Waals surface area contributed by atoms with Crippen molar-refractivity contribution in [2.75, 3.05) is 13.2 Å². The van der Waals surface area contributed by atoms with E-state index in [-0.39, 0.29) is 31.1 Å². The molecule has 440 valence electrons. The Morgan fingerprint density at radius 2 is 0.500 bits per heavy atom. The van der Waals surface area contributed by atoms with Crippen LogP contribution in [0.2, 0.25) is 0 Å². The van der Waals surface area contributed by atoms with Gasteiger partial charge in [-0.05, 0) is 148 Å². The number of hydrogen-bond donors (Lipinski definition) is 0. The van der Waals surface area contributed by atoms with E-state index in [2.05, 4.69) is 167 Å². The molecule has 6 heteroatoms. The van der Waals surface area contributed by atoms with Crippen LogP contribution in [-0.2, 0) is 28.6 Å². The molecular formula is C72H116O6. The predicted molar refractivity (Wildman–Crippen MR) is 339 cm³/mol. The van der Waals surface area contributed by atoms with Gasteiger partial charge in [-0.2, -0.15) is 0 Å². The maximum absolute atomic E-state index is 12.9. The molecule has 0 saturated heterocycles. The minimum atomic E-state index is -0.802. The van der Waals surface area contributed by atoms with Gasteiger partial charge in [-0.3, -0.25) is 14.4 Å². The Kier molecular flexibility index (Phi) is 60.9. The van der Waals surface area contributed by atoms with Crippen LogP contribution in [0.5, 0.6) is 0 Å². The van der Waals surface area contributed by atoms with E-state index in [0.29, 0.717) is 19.3 Å². The highest BCUT2D eigenvalue weighted by Gasteiger charge is 2.19. The van der Waals surface area contributed by atoms with E-state index in [1.807, 2.05) is 0 Å². The zero-order chi connectivity index (χ0) is 56.4. The number of ether oxygens (including phenoxy) is 3. The first-order chi connectivity index (χ1) is 38.5. The second-order valence-corrected chi connectivity index (χ2v) is 20.6. The molecule has 6 nitrogen and oxygen atoms in total. The van der Waals surface area contributed by atoms with Gasteiger partial charge in [0.2, 0.25) is 0 Å². The van der Waals surface area contributed by atoms with Crippen LogP contribution in [0, 0.1) is 0 Å². The Bertz CT molecular complexity index is 1710. The lowest BCUT2D eigenvalue weighted by Gasteiger charge is -2.18. The summed E-state index contributed by atoms with van der Waals surface area (Å²) in [6, 6.07) is 0. The van der Waals surface area contributed by atoms with Crippen molar-refractivity contribution in [2.45, 2.75) is 277 Å². The molecule has 0 aliphatic rings. The minimum Gasteiger partial charge on any atom is -0.462 e. The van der Waals surface area contributed by atoms with Gasteiger partial charge >= 0.3 is 17.9 Å². The summed E-state index contributed by atoms with van der Waals surface area (Å²) in [6.07, 6.45) is 92.8. The van der Waals surface area contributed by atoms with Gasteiger partial charge in [0.05, 0.1) is 0 Å². The number of carbonyl (C=O) groups is 3. The summed E-state index contributed by atoms with van der Waals surface area (Å²) < 4.78 is 16.8. The summed E-state index contributed by atoms with van der Waals surface area (Å²) in [6.45, 7) is 6.43. The summed E-state index contributed by atoms with van der Waals surface area (Å²) in [5.41, 5.74) is 0. The molecule has 0 spiro atoms. The summed E-state index contributed by atoms with van der Waals surface area (Å²) in [5.74, 6) is -0.943. The van der Waals surface area contributed by atoms with Crippen LogP contribution < -0.4 is 0 Å². The van der Waals surface area contributed by atoms with Crippen molar-refractivity contribution in [3.63, 3.8) is 0 Å². The lowest BCUT2D eigenvalue weighted by molar-refractivity contribution is -0.167. The third-order valence-electron chi connectivity index (χ3n) is 13.0. The van der Waals surface area contributed by atoms with Crippen molar-refractivity contribution in [1.82, 2.24) is 0 Å². The van der Waals surface area contributed by atoms with E-state index in [4.69, 9.17) is 14.2 Å². The second kappa shape index (κ2) is 64.8. The molecule has 0 aromatic heterocycles. The molecule has 0 heterocycles. The third kappa shape index (κ3) is 62.1. The third-order valence-corrected chi connectivity index (χ3v) is 13.0. The van der Waals surface area contributed by atoms with Crippen LogP contribution in [0.4, 0.5) is 0 Å². The first-order valence-electron chi connectivity index (χ1n) is 31.8. The maximum atomic E-state index is 12.9. The summed E-state index contributed by atoms with van der Waals surface area (Å²) in [5, 5.41) is 0. The van der Waals surface area contributed by atoms with Gasteiger partial charge in [0.1, 0.15) is 13.2 Å². The van der Waals surface area contributed by atoms with Crippen molar-refractivity contribution in [1.29, 1.82) is 0 Å². The first kappa shape index (κ1) is 73.3. The van der Waals surface area contributed by atoms with Gasteiger partial charge in [0.25, 0.3) is 0 Å². The summed E-state index contributed by atoms with van der Waals surface area (Å²) in [7, 11) is 0. The largest absolute Gasteiger partial charge is 0.462 e. The number of allylic oxidation sites excluding steroid dienone is 24. The van der Waals surface area contributed by atoms with Crippen molar-refractivity contribution >= 4 is 17.9 Å². The normalized spacial score (nSPS) is 13.1. The standard InChI is InChI=1S/C72H116O6/c1-4-7-10-13-16-19-22-25-27-28-29-30-31-32-33-34-35-36-37-38-39-40-41-42-43-44-46-47-50-53-56-59-62-65-71(74)77-68-69(67-76-70(73)64-61-58-55-52-49-24-21-18-15-12-9-6-3)78-72(75)66-63-60-57-54-51-48-45-26-23-20-17-14-11-8-5-2/h7,10,16-21,25-27,29-30,32-33,35-36,38-39,41-42,44-46,69H,4-6,8-9,11-15,22-24,28,31,34,37,40,43,47-68H2,1-3H3/b10-7-,19-16-,20-17-,21-18-,27-25-,30-29-,33-32-,36-35-,39-38-,42-41-,45-26-,46-44-. The van der Waals surface area contributed by atoms with E-state index >= 15 is 0 Å². The van der Waals surface area contributed by atoms with E-state index in [1.54, 1.807) is 0 Å². The molecule has 0 aliphatic carbocycles. The van der Waals surface area contributed by atoms with Gasteiger partial charge < -0.3 is 14.2 Å². The zero-order valence-electron chi connectivity index (χ0n) is 50.4. The lowest BCUT2D eigenvalue weighted by Crippen LogP contribution is -2.30. The number of hydrogen-bond acceptors (Lipinski definition) is 6. The molecule has 0 aromatic carbocycles. The van der Waals surface area contributed by atoms with Crippen LogP contribution in [0.25, 0.3) is 0 Å². The van der Waals surface area contributed by atoms with Crippen LogP contribution in [0.3, 0.4) is 0 Å². The Labute approximate surface area is 480 Å². The highest BCUT2D eigenvalue weighted by molar-refractivity contribution is 5.71. The Morgan fingerprint density at radius 3 is 0.795 bits per heavy atom. The molecule has 0 radical (unpaired) electrons. The second-order valence-electron chi connectivity index (χ2n) is 20.6. The summed E-state index contributed by atoms with van der Waals surface area (Å²) >= 11 is 0. The fourth-order valence-corrected chi connectivity index (χ4v) is 8.28. The van der Waals surface area contributed by atoms with Crippen LogP contribution in [0.1, 0.15) is 271 Å². The SMILES string of the molecule is CC/C=C\C/C=C\C/C=C\C/C=C\C/C=C\C/C=C\C/C=C\C/C=C\C/C=C\CCCCCCCC(=O)OCC(COC(=O)CCCCCCC/C=C\CCCCC)OC(=O)CCCCCCC/C=C\C/C=C\CCCCC. The molecule has 1 unspecified atom stereocenters. The van der Waals surface area contributed by atoms with Gasteiger partial charge in [0, 0.05) is 19.3 Å². The number of carbonyl (C=O) groups excluding carboxylic acids is 3. The van der Waals surface area contributed by atoms with Crippen molar-refractivity contribution in [2.24, 2.45) is 0 Å². The average molecular weight is 1080 g/mol. The Hall–Kier alpha value is -4.71. The van der Waals surface area contributed by atoms with Gasteiger partial charge in [-0.25, -0.2) is 0 Å². The number of esters is 3. The lowest BCUT2D eigenvalue weighted by atomic mass is 10.1. The number of rotatable bonds is 56. The average Bonchev–Trinajstić information content (AvgIpc) is 3.44. The monoisotopic (exact) mass is 1080 g/mol. The van der Waals surface area contributed by atoms with Crippen molar-refractivity contribution in [3.05, 3.63) is 146 Å².